The number of rotatable bonds is 24. The van der Waals surface area contributed by atoms with E-state index in [1.807, 2.05) is 12.1 Å². The van der Waals surface area contributed by atoms with Crippen molar-refractivity contribution in [1.29, 1.82) is 0 Å². The molecule has 4 aromatic rings. The summed E-state index contributed by atoms with van der Waals surface area (Å²) in [6, 6.07) is 17.1. The second kappa shape index (κ2) is 21.9. The molecule has 14 nitrogen and oxygen atoms in total. The van der Waals surface area contributed by atoms with Crippen LogP contribution in [0.2, 0.25) is 118 Å². The summed E-state index contributed by atoms with van der Waals surface area (Å²) in [4.78, 5) is 14.5. The zero-order valence-electron chi connectivity index (χ0n) is 43.8. The number of benzene rings is 3. The molecule has 0 aliphatic carbocycles. The number of nitrogens with zero attached hydrogens (tertiary/aromatic N) is 3. The second-order valence-electron chi connectivity index (χ2n) is 22.7. The van der Waals surface area contributed by atoms with Crippen molar-refractivity contribution in [2.45, 2.75) is 154 Å². The molecule has 22 heteroatoms. The molecule has 0 spiro atoms. The molecular formula is C46H75N3O11Si8. The molecule has 0 amide bonds. The summed E-state index contributed by atoms with van der Waals surface area (Å²) in [5.74, 6) is 1.70. The minimum absolute atomic E-state index is 0.145. The molecule has 2 N–H and O–H groups in total. The Morgan fingerprint density at radius 3 is 1.04 bits per heavy atom. The molecule has 6 radical (unpaired) electrons. The normalized spacial score (nSPS) is 14.4. The third-order valence-corrected chi connectivity index (χ3v) is 16.0. The van der Waals surface area contributed by atoms with Gasteiger partial charge in [0.2, 0.25) is 0 Å². The minimum Gasteiger partial charge on any atom is -0.507 e. The highest BCUT2D eigenvalue weighted by Crippen LogP contribution is 2.38. The van der Waals surface area contributed by atoms with Gasteiger partial charge in [-0.1, -0.05) is 0 Å². The van der Waals surface area contributed by atoms with E-state index in [2.05, 4.69) is 138 Å². The van der Waals surface area contributed by atoms with Crippen LogP contribution in [-0.2, 0) is 26.6 Å². The van der Waals surface area contributed by atoms with E-state index in [0.29, 0.717) is 39.8 Å². The molecule has 3 aromatic carbocycles. The van der Waals surface area contributed by atoms with Crippen LogP contribution in [0.5, 0.6) is 28.7 Å². The van der Waals surface area contributed by atoms with Crippen LogP contribution in [-0.4, -0.2) is 126 Å². The summed E-state index contributed by atoms with van der Waals surface area (Å²) in [6.45, 7) is 37.7. The molecule has 0 saturated heterocycles. The summed E-state index contributed by atoms with van der Waals surface area (Å²) >= 11 is 0. The molecule has 372 valence electrons. The maximum atomic E-state index is 11.7. The van der Waals surface area contributed by atoms with Crippen molar-refractivity contribution >= 4 is 70.4 Å². The van der Waals surface area contributed by atoms with Gasteiger partial charge in [0.25, 0.3) is 0 Å². The van der Waals surface area contributed by atoms with Crippen molar-refractivity contribution in [3.05, 3.63) is 60.7 Å². The molecule has 1 heterocycles. The Labute approximate surface area is 418 Å². The van der Waals surface area contributed by atoms with Crippen molar-refractivity contribution < 1.29 is 51.0 Å². The maximum absolute atomic E-state index is 11.7. The average molecular weight is 1070 g/mol. The van der Waals surface area contributed by atoms with Crippen molar-refractivity contribution in [1.82, 2.24) is 15.0 Å². The van der Waals surface area contributed by atoms with Gasteiger partial charge in [-0.3, -0.25) is 0 Å². The van der Waals surface area contributed by atoms with E-state index in [1.165, 1.54) is 12.1 Å². The van der Waals surface area contributed by atoms with Crippen LogP contribution in [0.3, 0.4) is 0 Å². The second-order valence-corrected chi connectivity index (χ2v) is 50.9. The number of hydrogen-bond acceptors (Lipinski definition) is 14. The molecule has 0 aliphatic rings. The first-order valence-electron chi connectivity index (χ1n) is 22.9. The Morgan fingerprint density at radius 2 is 0.765 bits per heavy atom. The Kier molecular flexibility index (Phi) is 18.6. The summed E-state index contributed by atoms with van der Waals surface area (Å²) in [5, 5.41) is 23.4. The first kappa shape index (κ1) is 57.7. The number of aromatic nitrogens is 3. The van der Waals surface area contributed by atoms with Crippen LogP contribution in [0.1, 0.15) is 12.8 Å². The fourth-order valence-corrected chi connectivity index (χ4v) is 17.4. The smallest absolute Gasteiger partial charge is 0.195 e. The topological polar surface area (TPSA) is 162 Å². The average Bonchev–Trinajstić information content (AvgIpc) is 3.09. The maximum Gasteiger partial charge on any atom is 0.195 e. The van der Waals surface area contributed by atoms with Crippen molar-refractivity contribution in [2.75, 3.05) is 7.11 Å². The fraction of sp³-hybridized carbons (Fsp3) is 0.543. The minimum atomic E-state index is -2.18. The van der Waals surface area contributed by atoms with Crippen LogP contribution < -0.4 is 14.2 Å². The number of aromatic hydroxyl groups is 2. The number of hydrogen-bond donors (Lipinski definition) is 2. The molecule has 0 bridgehead atoms. The molecule has 2 unspecified atom stereocenters. The standard InChI is InChI=1S/C46H75N3O11Si8/c1-52-33-22-20-32(21-23-33)42-47-43(36-26-24-34(28-38(36)50)53-40(55-63(2,3)4)30-45(61,57-65(8,9)10)58-66(11,12)13)49-44(48-42)37-27-25-35(29-39(37)51)54-41(56-64(5,6)7)31-46(62,59-67(14,15)16)60-68(17,18)19/h20-29,40-41,50-51H,30-31H2,1-19H3. The molecule has 2 atom stereocenters. The van der Waals surface area contributed by atoms with Crippen LogP contribution in [0.25, 0.3) is 34.2 Å². The van der Waals surface area contributed by atoms with Gasteiger partial charge in [0.1, 0.15) is 60.1 Å². The van der Waals surface area contributed by atoms with Gasteiger partial charge < -0.3 is 51.0 Å². The van der Waals surface area contributed by atoms with Gasteiger partial charge in [-0.15, -0.1) is 0 Å². The first-order valence-corrected chi connectivity index (χ1v) is 44.3. The Balaban J connectivity index is 1.77. The highest BCUT2D eigenvalue weighted by Gasteiger charge is 2.42. The lowest BCUT2D eigenvalue weighted by molar-refractivity contribution is -0.120. The predicted molar refractivity (Wildman–Crippen MR) is 288 cm³/mol. The molecular weight excluding hydrogens is 995 g/mol. The summed E-state index contributed by atoms with van der Waals surface area (Å²) in [5.41, 5.74) is -1.03. The third kappa shape index (κ3) is 19.8. The molecule has 0 fully saturated rings. The lowest BCUT2D eigenvalue weighted by Crippen LogP contribution is -2.54. The lowest BCUT2D eigenvalue weighted by Gasteiger charge is -2.43. The Bertz CT molecular complexity index is 2140. The van der Waals surface area contributed by atoms with Crippen LogP contribution in [0.4, 0.5) is 0 Å². The van der Waals surface area contributed by atoms with Gasteiger partial charge in [-0.2, -0.15) is 0 Å². The quantitative estimate of drug-likeness (QED) is 0.0503. The van der Waals surface area contributed by atoms with Gasteiger partial charge in [-0.05, 0) is 166 Å². The van der Waals surface area contributed by atoms with Gasteiger partial charge in [-0.25, -0.2) is 15.0 Å². The first-order chi connectivity index (χ1) is 30.8. The van der Waals surface area contributed by atoms with Gasteiger partial charge in [0, 0.05) is 17.7 Å². The zero-order chi connectivity index (χ0) is 51.5. The predicted octanol–water partition coefficient (Wildman–Crippen LogP) is 11.2. The van der Waals surface area contributed by atoms with Crippen LogP contribution in [0.15, 0.2) is 60.7 Å². The van der Waals surface area contributed by atoms with Crippen molar-refractivity contribution in [2.24, 2.45) is 0 Å². The third-order valence-electron chi connectivity index (χ3n) is 8.66. The molecule has 68 heavy (non-hydrogen) atoms. The number of ether oxygens (including phenoxy) is 3. The molecule has 1 aromatic heterocycles. The summed E-state index contributed by atoms with van der Waals surface area (Å²) in [6.07, 6.45) is -1.12. The number of methoxy groups -OCH3 is 1. The highest BCUT2D eigenvalue weighted by molar-refractivity contribution is 6.72. The zero-order valence-corrected chi connectivity index (χ0v) is 51.8. The Morgan fingerprint density at radius 1 is 0.456 bits per heavy atom. The monoisotopic (exact) mass is 1070 g/mol. The SMILES string of the molecule is COc1ccc(-c2nc(-c3ccc(OC(CC([Si])(O[Si](C)(C)C)O[Si](C)(C)C)O[Si](C)(C)C)cc3O)nc(-c3ccc(OC(CC([Si])(O[Si](C)(C)C)O[Si](C)(C)C)O[Si](C)(C)C)cc3O)n2)cc1. The van der Waals surface area contributed by atoms with E-state index in [9.17, 15) is 10.2 Å². The lowest BCUT2D eigenvalue weighted by atomic mass is 10.1. The van der Waals surface area contributed by atoms with E-state index in [4.69, 9.17) is 55.7 Å². The molecule has 0 saturated carbocycles. The van der Waals surface area contributed by atoms with Crippen LogP contribution >= 0.6 is 0 Å². The van der Waals surface area contributed by atoms with Crippen LogP contribution in [0, 0.1) is 0 Å². The van der Waals surface area contributed by atoms with E-state index in [-0.39, 0.29) is 36.0 Å². The van der Waals surface area contributed by atoms with E-state index < -0.39 is 73.3 Å². The number of phenols is 2. The van der Waals surface area contributed by atoms with Crippen molar-refractivity contribution in [3.63, 3.8) is 0 Å². The Hall–Kier alpha value is -2.83. The summed E-state index contributed by atoms with van der Waals surface area (Å²) in [7, 11) is -3.47. The summed E-state index contributed by atoms with van der Waals surface area (Å²) < 4.78 is 57.9. The van der Waals surface area contributed by atoms with E-state index >= 15 is 0 Å². The van der Waals surface area contributed by atoms with E-state index in [1.54, 1.807) is 43.5 Å². The molecule has 0 aliphatic heterocycles. The largest absolute Gasteiger partial charge is 0.507 e. The van der Waals surface area contributed by atoms with E-state index in [0.717, 1.165) is 0 Å². The van der Waals surface area contributed by atoms with Gasteiger partial charge in [0.05, 0.1) is 31.1 Å². The fourth-order valence-electron chi connectivity index (χ4n) is 6.97. The van der Waals surface area contributed by atoms with Gasteiger partial charge >= 0.3 is 0 Å². The number of phenolic OH excluding ortho intramolecular Hbond substituents is 2. The van der Waals surface area contributed by atoms with Gasteiger partial charge in [0.15, 0.2) is 80.0 Å². The molecule has 4 rings (SSSR count). The van der Waals surface area contributed by atoms with Crippen molar-refractivity contribution in [3.8, 4) is 62.9 Å². The highest BCUT2D eigenvalue weighted by atomic mass is 28.4.